The monoisotopic (exact) mass is 447 g/mol. The normalized spacial score (nSPS) is 26.3. The molecule has 0 amide bonds. The van der Waals surface area contributed by atoms with Crippen molar-refractivity contribution in [2.75, 3.05) is 50.9 Å². The van der Waals surface area contributed by atoms with Gasteiger partial charge in [-0.2, -0.15) is 0 Å². The van der Waals surface area contributed by atoms with Crippen molar-refractivity contribution in [2.24, 2.45) is 0 Å². The van der Waals surface area contributed by atoms with Gasteiger partial charge in [0.25, 0.3) is 6.01 Å². The Hall–Kier alpha value is -2.23. The minimum atomic E-state index is -0.867. The number of hydrogen-bond acceptors (Lipinski definition) is 7. The van der Waals surface area contributed by atoms with Gasteiger partial charge in [0.2, 0.25) is 0 Å². The van der Waals surface area contributed by atoms with Crippen molar-refractivity contribution >= 4 is 6.01 Å². The number of hydrogen-bond donors (Lipinski definition) is 0. The summed E-state index contributed by atoms with van der Waals surface area (Å²) in [5.41, 5.74) is 0.664. The van der Waals surface area contributed by atoms with Gasteiger partial charge >= 0.3 is 0 Å². The molecule has 4 aliphatic heterocycles. The molecule has 32 heavy (non-hydrogen) atoms. The second kappa shape index (κ2) is 7.97. The van der Waals surface area contributed by atoms with Gasteiger partial charge < -0.3 is 23.5 Å². The summed E-state index contributed by atoms with van der Waals surface area (Å²) >= 11 is 0. The van der Waals surface area contributed by atoms with Crippen molar-refractivity contribution < 1.29 is 27.4 Å². The zero-order valence-electron chi connectivity index (χ0n) is 17.8. The molecule has 0 bridgehead atoms. The van der Waals surface area contributed by atoms with Crippen LogP contribution in [0.2, 0.25) is 0 Å². The molecule has 0 saturated carbocycles. The number of ether oxygens (including phenoxy) is 3. The van der Waals surface area contributed by atoms with Crippen LogP contribution in [0.1, 0.15) is 30.7 Å². The number of anilines is 1. The molecule has 0 aliphatic carbocycles. The second-order valence-corrected chi connectivity index (χ2v) is 9.41. The smallest absolute Gasteiger partial charge is 0.297 e. The molecule has 4 aliphatic rings. The maximum absolute atomic E-state index is 14.0. The summed E-state index contributed by atoms with van der Waals surface area (Å²) < 4.78 is 50.6. The first-order valence-corrected chi connectivity index (χ1v) is 11.3. The molecule has 1 aromatic carbocycles. The van der Waals surface area contributed by atoms with Gasteiger partial charge in [-0.25, -0.2) is 13.8 Å². The molecular weight excluding hydrogens is 420 g/mol. The molecule has 2 aromatic rings. The number of nitrogens with zero attached hydrogens (tertiary/aromatic N) is 3. The summed E-state index contributed by atoms with van der Waals surface area (Å²) in [6.07, 6.45) is 5.93. The number of aromatic nitrogens is 1. The number of piperidine rings is 1. The topological polar surface area (TPSA) is 60.2 Å². The van der Waals surface area contributed by atoms with Crippen LogP contribution in [0.25, 0.3) is 0 Å². The van der Waals surface area contributed by atoms with E-state index in [0.29, 0.717) is 31.0 Å². The third-order valence-electron chi connectivity index (χ3n) is 7.28. The average molecular weight is 447 g/mol. The van der Waals surface area contributed by atoms with Crippen molar-refractivity contribution in [3.63, 3.8) is 0 Å². The number of halogens is 2. The third kappa shape index (κ3) is 3.66. The van der Waals surface area contributed by atoms with E-state index >= 15 is 0 Å². The minimum Gasteiger partial charge on any atom is -0.485 e. The van der Waals surface area contributed by atoms with Crippen LogP contribution in [0.15, 0.2) is 29.0 Å². The van der Waals surface area contributed by atoms with Crippen LogP contribution in [0, 0.1) is 11.6 Å². The lowest BCUT2D eigenvalue weighted by Crippen LogP contribution is -2.62. The zero-order valence-corrected chi connectivity index (χ0v) is 17.8. The molecule has 7 nitrogen and oxygen atoms in total. The van der Waals surface area contributed by atoms with E-state index in [-0.39, 0.29) is 17.6 Å². The van der Waals surface area contributed by atoms with E-state index in [1.54, 1.807) is 12.5 Å². The molecule has 1 aromatic heterocycles. The minimum absolute atomic E-state index is 0.0797. The summed E-state index contributed by atoms with van der Waals surface area (Å²) in [4.78, 5) is 8.80. The number of oxazole rings is 1. The van der Waals surface area contributed by atoms with E-state index in [1.807, 2.05) is 0 Å². The van der Waals surface area contributed by atoms with Gasteiger partial charge in [0.15, 0.2) is 11.6 Å². The fourth-order valence-electron chi connectivity index (χ4n) is 5.43. The number of rotatable bonds is 5. The van der Waals surface area contributed by atoms with E-state index < -0.39 is 11.6 Å². The molecule has 1 spiro atoms. The molecule has 1 unspecified atom stereocenters. The molecule has 5 heterocycles. The lowest BCUT2D eigenvalue weighted by molar-refractivity contribution is -0.0803. The van der Waals surface area contributed by atoms with Gasteiger partial charge in [0, 0.05) is 17.7 Å². The Labute approximate surface area is 185 Å². The molecule has 1 atom stereocenters. The largest absolute Gasteiger partial charge is 0.485 e. The summed E-state index contributed by atoms with van der Waals surface area (Å²) in [5.74, 6) is -1.07. The first-order valence-electron chi connectivity index (χ1n) is 11.3. The summed E-state index contributed by atoms with van der Waals surface area (Å²) in [6.45, 7) is 5.14. The molecular formula is C23H27F2N3O4. The van der Waals surface area contributed by atoms with Crippen LogP contribution < -0.4 is 9.64 Å². The van der Waals surface area contributed by atoms with Crippen LogP contribution in [0.4, 0.5) is 14.8 Å². The summed E-state index contributed by atoms with van der Waals surface area (Å²) in [5, 5.41) is 0. The zero-order chi connectivity index (χ0) is 21.7. The Balaban J connectivity index is 1.07. The highest BCUT2D eigenvalue weighted by Gasteiger charge is 2.52. The highest BCUT2D eigenvalue weighted by atomic mass is 19.2. The van der Waals surface area contributed by atoms with Gasteiger partial charge in [-0.05, 0) is 44.3 Å². The summed E-state index contributed by atoms with van der Waals surface area (Å²) in [6, 6.07) is 3.56. The lowest BCUT2D eigenvalue weighted by atomic mass is 9.86. The Morgan fingerprint density at radius 2 is 1.84 bits per heavy atom. The number of benzene rings is 1. The average Bonchev–Trinajstić information content (AvgIpc) is 3.42. The van der Waals surface area contributed by atoms with E-state index in [0.717, 1.165) is 57.6 Å². The van der Waals surface area contributed by atoms with Gasteiger partial charge in [0.1, 0.15) is 23.7 Å². The first kappa shape index (κ1) is 20.4. The molecule has 9 heteroatoms. The van der Waals surface area contributed by atoms with E-state index in [1.165, 1.54) is 12.1 Å². The van der Waals surface area contributed by atoms with E-state index in [9.17, 15) is 8.78 Å². The quantitative estimate of drug-likeness (QED) is 0.699. The predicted octanol–water partition coefficient (Wildman–Crippen LogP) is 2.96. The summed E-state index contributed by atoms with van der Waals surface area (Å²) in [7, 11) is 0. The first-order chi connectivity index (χ1) is 15.6. The number of likely N-dealkylation sites (tertiary alicyclic amines) is 1. The fraction of sp³-hybridized carbons (Fsp3) is 0.609. The highest BCUT2D eigenvalue weighted by molar-refractivity contribution is 5.38. The predicted molar refractivity (Wildman–Crippen MR) is 111 cm³/mol. The van der Waals surface area contributed by atoms with Crippen LogP contribution in [0.3, 0.4) is 0 Å². The van der Waals surface area contributed by atoms with Crippen LogP contribution in [0.5, 0.6) is 5.75 Å². The van der Waals surface area contributed by atoms with Gasteiger partial charge in [-0.3, -0.25) is 4.90 Å². The Kier molecular flexibility index (Phi) is 5.07. The van der Waals surface area contributed by atoms with Crippen LogP contribution in [-0.2, 0) is 9.47 Å². The molecule has 0 N–H and O–H groups in total. The van der Waals surface area contributed by atoms with Crippen LogP contribution in [-0.4, -0.2) is 73.6 Å². The molecule has 6 rings (SSSR count). The second-order valence-electron chi connectivity index (χ2n) is 9.41. The van der Waals surface area contributed by atoms with Crippen molar-refractivity contribution in [2.45, 2.75) is 42.9 Å². The van der Waals surface area contributed by atoms with Gasteiger partial charge in [-0.15, -0.1) is 0 Å². The van der Waals surface area contributed by atoms with Crippen molar-refractivity contribution in [1.29, 1.82) is 0 Å². The Morgan fingerprint density at radius 3 is 2.53 bits per heavy atom. The maximum atomic E-state index is 14.0. The SMILES string of the molecule is Fc1cc(OC2COC2)c(C2CCN(C3COC4(C3)CN(c3ncco3)C4)CC2)cc1F. The van der Waals surface area contributed by atoms with Gasteiger partial charge in [0.05, 0.1) is 39.1 Å². The van der Waals surface area contributed by atoms with E-state index in [4.69, 9.17) is 18.6 Å². The molecule has 172 valence electrons. The molecule has 0 radical (unpaired) electrons. The fourth-order valence-corrected chi connectivity index (χ4v) is 5.43. The Bertz CT molecular complexity index is 954. The standard InChI is InChI=1S/C23H27F2N3O4/c24-19-7-18(21(8-20(19)25)32-17-11-29-12-17)15-1-4-27(5-2-15)16-9-23(31-10-16)13-28(14-23)22-26-3-6-30-22/h3,6-8,15-17H,1-2,4-5,9-14H2. The molecule has 4 saturated heterocycles. The van der Waals surface area contributed by atoms with E-state index in [2.05, 4.69) is 14.8 Å². The van der Waals surface area contributed by atoms with Crippen molar-refractivity contribution in [1.82, 2.24) is 9.88 Å². The lowest BCUT2D eigenvalue weighted by Gasteiger charge is -2.46. The van der Waals surface area contributed by atoms with Gasteiger partial charge in [-0.1, -0.05) is 0 Å². The Morgan fingerprint density at radius 1 is 1.06 bits per heavy atom. The van der Waals surface area contributed by atoms with Crippen molar-refractivity contribution in [3.8, 4) is 5.75 Å². The van der Waals surface area contributed by atoms with Crippen molar-refractivity contribution in [3.05, 3.63) is 41.8 Å². The highest BCUT2D eigenvalue weighted by Crippen LogP contribution is 2.41. The third-order valence-corrected chi connectivity index (χ3v) is 7.28. The molecule has 4 fully saturated rings. The maximum Gasteiger partial charge on any atom is 0.297 e. The van der Waals surface area contributed by atoms with Crippen LogP contribution >= 0.6 is 0 Å².